The second-order valence-electron chi connectivity index (χ2n) is 5.30. The summed E-state index contributed by atoms with van der Waals surface area (Å²) in [6.45, 7) is 3.51. The number of nitrogens with zero attached hydrogens (tertiary/aromatic N) is 1. The molecule has 0 spiro atoms. The highest BCUT2D eigenvalue weighted by Gasteiger charge is 2.17. The van der Waals surface area contributed by atoms with E-state index < -0.39 is 0 Å². The predicted molar refractivity (Wildman–Crippen MR) is 93.6 cm³/mol. The van der Waals surface area contributed by atoms with E-state index in [0.717, 1.165) is 16.0 Å². The van der Waals surface area contributed by atoms with Gasteiger partial charge in [-0.2, -0.15) is 0 Å². The number of nitrogens with two attached hydrogens (primary N) is 1. The van der Waals surface area contributed by atoms with E-state index in [1.165, 1.54) is 16.7 Å². The van der Waals surface area contributed by atoms with Crippen LogP contribution in [0.3, 0.4) is 0 Å². The Morgan fingerprint density at radius 2 is 2.00 bits per heavy atom. The number of aryl methyl sites for hydroxylation is 1. The lowest BCUT2D eigenvalue weighted by Crippen LogP contribution is -2.30. The zero-order chi connectivity index (χ0) is 15.4. The van der Waals surface area contributed by atoms with Gasteiger partial charge in [-0.05, 0) is 54.9 Å². The Balaban J connectivity index is 2.20. The van der Waals surface area contributed by atoms with Crippen LogP contribution in [-0.2, 0) is 6.54 Å². The van der Waals surface area contributed by atoms with Crippen LogP contribution >= 0.6 is 27.5 Å². The molecule has 0 bridgehead atoms. The zero-order valence-corrected chi connectivity index (χ0v) is 14.7. The highest BCUT2D eigenvalue weighted by atomic mass is 79.9. The van der Waals surface area contributed by atoms with E-state index in [1.54, 1.807) is 0 Å². The van der Waals surface area contributed by atoms with Crippen molar-refractivity contribution in [2.45, 2.75) is 19.5 Å². The maximum Gasteiger partial charge on any atom is 0.0473 e. The zero-order valence-electron chi connectivity index (χ0n) is 12.3. The number of halogens is 2. The van der Waals surface area contributed by atoms with Crippen LogP contribution in [0.5, 0.6) is 0 Å². The highest BCUT2D eigenvalue weighted by Crippen LogP contribution is 2.26. The van der Waals surface area contributed by atoms with Crippen molar-refractivity contribution in [1.29, 1.82) is 0 Å². The lowest BCUT2D eigenvalue weighted by Gasteiger charge is -2.28. The van der Waals surface area contributed by atoms with Gasteiger partial charge in [0.15, 0.2) is 0 Å². The first kappa shape index (κ1) is 16.5. The molecule has 0 aliphatic heterocycles. The molecule has 0 aliphatic carbocycles. The van der Waals surface area contributed by atoms with Crippen LogP contribution in [0.25, 0.3) is 0 Å². The minimum atomic E-state index is 0.182. The fourth-order valence-corrected chi connectivity index (χ4v) is 3.26. The molecule has 0 aliphatic rings. The third-order valence-corrected chi connectivity index (χ3v) is 4.40. The van der Waals surface area contributed by atoms with E-state index in [9.17, 15) is 0 Å². The van der Waals surface area contributed by atoms with Crippen LogP contribution in [0, 0.1) is 6.92 Å². The van der Waals surface area contributed by atoms with Gasteiger partial charge in [-0.3, -0.25) is 4.90 Å². The maximum atomic E-state index is 6.04. The summed E-state index contributed by atoms with van der Waals surface area (Å²) in [7, 11) is 2.10. The van der Waals surface area contributed by atoms with E-state index in [1.807, 2.05) is 18.2 Å². The number of benzene rings is 2. The molecule has 2 N–H and O–H groups in total. The summed E-state index contributed by atoms with van der Waals surface area (Å²) < 4.78 is 1.10. The van der Waals surface area contributed by atoms with E-state index >= 15 is 0 Å². The molecule has 2 rings (SSSR count). The standard InChI is InChI=1S/C17H20BrClN2/c1-12-8-15(19)6-7-16(12)17(10-20)21(2)11-13-4-3-5-14(18)9-13/h3-9,17H,10-11,20H2,1-2H3. The third-order valence-electron chi connectivity index (χ3n) is 3.67. The molecule has 4 heteroatoms. The van der Waals surface area contributed by atoms with Crippen molar-refractivity contribution in [2.24, 2.45) is 5.73 Å². The molecule has 21 heavy (non-hydrogen) atoms. The van der Waals surface area contributed by atoms with Crippen molar-refractivity contribution in [2.75, 3.05) is 13.6 Å². The van der Waals surface area contributed by atoms with Gasteiger partial charge in [0.25, 0.3) is 0 Å². The maximum absolute atomic E-state index is 6.04. The lowest BCUT2D eigenvalue weighted by atomic mass is 10.00. The first-order chi connectivity index (χ1) is 10.0. The van der Waals surface area contributed by atoms with Gasteiger partial charge in [0.05, 0.1) is 0 Å². The van der Waals surface area contributed by atoms with Crippen LogP contribution < -0.4 is 5.73 Å². The normalized spacial score (nSPS) is 12.7. The molecule has 112 valence electrons. The van der Waals surface area contributed by atoms with Crippen molar-refractivity contribution >= 4 is 27.5 Å². The van der Waals surface area contributed by atoms with E-state index in [4.69, 9.17) is 17.3 Å². The van der Waals surface area contributed by atoms with Gasteiger partial charge < -0.3 is 5.73 Å². The molecule has 1 unspecified atom stereocenters. The Bertz CT molecular complexity index is 615. The summed E-state index contributed by atoms with van der Waals surface area (Å²) in [5.41, 5.74) is 9.69. The summed E-state index contributed by atoms with van der Waals surface area (Å²) in [5.74, 6) is 0. The van der Waals surface area contributed by atoms with Crippen molar-refractivity contribution in [3.8, 4) is 0 Å². The fourth-order valence-electron chi connectivity index (χ4n) is 2.59. The quantitative estimate of drug-likeness (QED) is 0.840. The van der Waals surface area contributed by atoms with Crippen LogP contribution in [0.1, 0.15) is 22.7 Å². The van der Waals surface area contributed by atoms with Crippen molar-refractivity contribution in [3.05, 3.63) is 68.7 Å². The number of hydrogen-bond donors (Lipinski definition) is 1. The van der Waals surface area contributed by atoms with Gasteiger partial charge in [0, 0.05) is 28.6 Å². The van der Waals surface area contributed by atoms with Crippen molar-refractivity contribution in [1.82, 2.24) is 4.90 Å². The second kappa shape index (κ2) is 7.41. The van der Waals surface area contributed by atoms with E-state index in [2.05, 4.69) is 59.1 Å². The van der Waals surface area contributed by atoms with Crippen LogP contribution in [-0.4, -0.2) is 18.5 Å². The minimum absolute atomic E-state index is 0.182. The summed E-state index contributed by atoms with van der Waals surface area (Å²) in [6.07, 6.45) is 0. The van der Waals surface area contributed by atoms with E-state index in [-0.39, 0.29) is 6.04 Å². The Labute approximate surface area is 140 Å². The summed E-state index contributed by atoms with van der Waals surface area (Å²) in [6, 6.07) is 14.5. The third kappa shape index (κ3) is 4.30. The van der Waals surface area contributed by atoms with Crippen molar-refractivity contribution < 1.29 is 0 Å². The molecule has 0 fully saturated rings. The Morgan fingerprint density at radius 1 is 1.24 bits per heavy atom. The largest absolute Gasteiger partial charge is 0.329 e. The topological polar surface area (TPSA) is 29.3 Å². The van der Waals surface area contributed by atoms with Crippen LogP contribution in [0.15, 0.2) is 46.9 Å². The Kier molecular flexibility index (Phi) is 5.82. The SMILES string of the molecule is Cc1cc(Cl)ccc1C(CN)N(C)Cc1cccc(Br)c1. The number of hydrogen-bond acceptors (Lipinski definition) is 2. The smallest absolute Gasteiger partial charge is 0.0473 e. The summed E-state index contributed by atoms with van der Waals surface area (Å²) in [5, 5.41) is 0.765. The van der Waals surface area contributed by atoms with E-state index in [0.29, 0.717) is 6.54 Å². The molecule has 0 saturated carbocycles. The summed E-state index contributed by atoms with van der Waals surface area (Å²) >= 11 is 9.55. The van der Waals surface area contributed by atoms with Crippen molar-refractivity contribution in [3.63, 3.8) is 0 Å². The Hall–Kier alpha value is -0.870. The lowest BCUT2D eigenvalue weighted by molar-refractivity contribution is 0.241. The molecular formula is C17H20BrClN2. The van der Waals surface area contributed by atoms with Gasteiger partial charge in [-0.15, -0.1) is 0 Å². The second-order valence-corrected chi connectivity index (χ2v) is 6.65. The average Bonchev–Trinajstić information content (AvgIpc) is 2.42. The monoisotopic (exact) mass is 366 g/mol. The van der Waals surface area contributed by atoms with Crippen LogP contribution in [0.4, 0.5) is 0 Å². The number of likely N-dealkylation sites (N-methyl/N-ethyl adjacent to an activating group) is 1. The van der Waals surface area contributed by atoms with Gasteiger partial charge in [-0.25, -0.2) is 0 Å². The molecule has 0 radical (unpaired) electrons. The first-order valence-electron chi connectivity index (χ1n) is 6.92. The molecule has 2 aromatic carbocycles. The molecule has 2 aromatic rings. The molecule has 0 aromatic heterocycles. The van der Waals surface area contributed by atoms with Gasteiger partial charge >= 0.3 is 0 Å². The first-order valence-corrected chi connectivity index (χ1v) is 8.09. The average molecular weight is 368 g/mol. The number of rotatable bonds is 5. The highest BCUT2D eigenvalue weighted by molar-refractivity contribution is 9.10. The molecule has 0 heterocycles. The fraction of sp³-hybridized carbons (Fsp3) is 0.294. The van der Waals surface area contributed by atoms with Gasteiger partial charge in [0.2, 0.25) is 0 Å². The molecular weight excluding hydrogens is 348 g/mol. The Morgan fingerprint density at radius 3 is 2.62 bits per heavy atom. The molecule has 0 amide bonds. The molecule has 0 saturated heterocycles. The van der Waals surface area contributed by atoms with Gasteiger partial charge in [0.1, 0.15) is 0 Å². The van der Waals surface area contributed by atoms with Gasteiger partial charge in [-0.1, -0.05) is 45.7 Å². The molecule has 1 atom stereocenters. The predicted octanol–water partition coefficient (Wildman–Crippen LogP) is 4.54. The summed E-state index contributed by atoms with van der Waals surface area (Å²) in [4.78, 5) is 2.28. The molecule has 2 nitrogen and oxygen atoms in total. The van der Waals surface area contributed by atoms with Crippen LogP contribution in [0.2, 0.25) is 5.02 Å². The minimum Gasteiger partial charge on any atom is -0.329 e.